The van der Waals surface area contributed by atoms with Crippen molar-refractivity contribution in [2.45, 2.75) is 32.8 Å². The van der Waals surface area contributed by atoms with Crippen LogP contribution in [0.3, 0.4) is 0 Å². The van der Waals surface area contributed by atoms with Gasteiger partial charge in [0.25, 0.3) is 0 Å². The molecule has 0 aromatic carbocycles. The van der Waals surface area contributed by atoms with Gasteiger partial charge in [0.2, 0.25) is 0 Å². The van der Waals surface area contributed by atoms with Crippen LogP contribution >= 0.6 is 0 Å². The maximum Gasteiger partial charge on any atom is 0.410 e. The number of carbonyl (C=O) groups excluding carboxylic acids is 1. The molecule has 0 atom stereocenters. The van der Waals surface area contributed by atoms with Crippen molar-refractivity contribution in [2.24, 2.45) is 11.8 Å². The largest absolute Gasteiger partial charge is 0.444 e. The Morgan fingerprint density at radius 2 is 2.13 bits per heavy atom. The summed E-state index contributed by atoms with van der Waals surface area (Å²) in [6.45, 7) is 8.00. The molecular formula is C10H21N3O2. The molecule has 0 radical (unpaired) electrons. The van der Waals surface area contributed by atoms with Gasteiger partial charge in [-0.1, -0.05) is 0 Å². The Bertz CT molecular complexity index is 219. The minimum Gasteiger partial charge on any atom is -0.444 e. The zero-order valence-electron chi connectivity index (χ0n) is 9.75. The van der Waals surface area contributed by atoms with Crippen molar-refractivity contribution >= 4 is 6.09 Å². The monoisotopic (exact) mass is 215 g/mol. The molecule has 0 aliphatic carbocycles. The summed E-state index contributed by atoms with van der Waals surface area (Å²) in [4.78, 5) is 13.3. The van der Waals surface area contributed by atoms with Crippen LogP contribution < -0.4 is 11.3 Å². The molecule has 0 spiro atoms. The van der Waals surface area contributed by atoms with E-state index in [9.17, 15) is 4.79 Å². The van der Waals surface area contributed by atoms with Gasteiger partial charge in [0.15, 0.2) is 0 Å². The summed E-state index contributed by atoms with van der Waals surface area (Å²) in [6.07, 6.45) is 0.801. The predicted octanol–water partition coefficient (Wildman–Crippen LogP) is 0.707. The number of nitrogens with two attached hydrogens (primary N) is 1. The van der Waals surface area contributed by atoms with E-state index in [2.05, 4.69) is 5.43 Å². The van der Waals surface area contributed by atoms with Crippen LogP contribution in [-0.4, -0.2) is 36.2 Å². The molecule has 1 aliphatic heterocycles. The average Bonchev–Trinajstić information content (AvgIpc) is 1.98. The number of nitrogens with one attached hydrogen (secondary N) is 1. The molecule has 3 N–H and O–H groups in total. The first-order valence-corrected chi connectivity index (χ1v) is 5.34. The Hall–Kier alpha value is -0.810. The first kappa shape index (κ1) is 12.3. The molecule has 1 fully saturated rings. The number of hydrogen-bond donors (Lipinski definition) is 2. The molecule has 0 aromatic rings. The molecule has 15 heavy (non-hydrogen) atoms. The van der Waals surface area contributed by atoms with Gasteiger partial charge in [0.05, 0.1) is 0 Å². The number of hydrogen-bond acceptors (Lipinski definition) is 4. The van der Waals surface area contributed by atoms with Crippen LogP contribution in [0.15, 0.2) is 0 Å². The zero-order chi connectivity index (χ0) is 11.5. The number of rotatable bonds is 3. The minimum absolute atomic E-state index is 0.209. The number of carbonyl (C=O) groups is 1. The number of amides is 1. The molecule has 0 aromatic heterocycles. The number of hydrazine groups is 1. The van der Waals surface area contributed by atoms with Gasteiger partial charge in [0, 0.05) is 19.6 Å². The summed E-state index contributed by atoms with van der Waals surface area (Å²) in [6, 6.07) is 0. The fraction of sp³-hybridized carbons (Fsp3) is 0.900. The predicted molar refractivity (Wildman–Crippen MR) is 58.1 cm³/mol. The molecule has 88 valence electrons. The van der Waals surface area contributed by atoms with E-state index in [4.69, 9.17) is 10.6 Å². The van der Waals surface area contributed by atoms with Crippen LogP contribution in [0.5, 0.6) is 0 Å². The standard InChI is InChI=1S/C10H21N3O2/c1-10(2,3)15-9(14)13-6-8(7-13)4-5-12-11/h8,12H,4-7,11H2,1-3H3. The zero-order valence-corrected chi connectivity index (χ0v) is 9.75. The Kier molecular flexibility index (Phi) is 3.93. The maximum absolute atomic E-state index is 11.5. The van der Waals surface area contributed by atoms with Gasteiger partial charge in [-0.15, -0.1) is 0 Å². The molecule has 0 unspecified atom stereocenters. The van der Waals surface area contributed by atoms with Crippen LogP contribution in [0, 0.1) is 5.92 Å². The summed E-state index contributed by atoms with van der Waals surface area (Å²) in [5.41, 5.74) is 2.21. The lowest BCUT2D eigenvalue weighted by Crippen LogP contribution is -2.52. The second kappa shape index (κ2) is 4.81. The third-order valence-corrected chi connectivity index (χ3v) is 2.31. The van der Waals surface area contributed by atoms with E-state index >= 15 is 0 Å². The molecule has 1 heterocycles. The van der Waals surface area contributed by atoms with Gasteiger partial charge in [-0.3, -0.25) is 11.3 Å². The SMILES string of the molecule is CC(C)(C)OC(=O)N1CC(CCNN)C1. The van der Waals surface area contributed by atoms with Crippen LogP contribution in [0.2, 0.25) is 0 Å². The summed E-state index contributed by atoms with van der Waals surface area (Å²) in [5.74, 6) is 5.74. The molecule has 5 nitrogen and oxygen atoms in total. The molecular weight excluding hydrogens is 194 g/mol. The third-order valence-electron chi connectivity index (χ3n) is 2.31. The van der Waals surface area contributed by atoms with Crippen LogP contribution in [0.4, 0.5) is 4.79 Å². The van der Waals surface area contributed by atoms with Crippen molar-refractivity contribution in [3.8, 4) is 0 Å². The smallest absolute Gasteiger partial charge is 0.410 e. The van der Waals surface area contributed by atoms with Crippen LogP contribution in [-0.2, 0) is 4.74 Å². The van der Waals surface area contributed by atoms with Crippen molar-refractivity contribution in [1.82, 2.24) is 10.3 Å². The fourth-order valence-electron chi connectivity index (χ4n) is 1.52. The van der Waals surface area contributed by atoms with Crippen molar-refractivity contribution < 1.29 is 9.53 Å². The van der Waals surface area contributed by atoms with E-state index in [0.29, 0.717) is 5.92 Å². The lowest BCUT2D eigenvalue weighted by atomic mass is 9.97. The second-order valence-electron chi connectivity index (χ2n) is 4.99. The third kappa shape index (κ3) is 4.05. The normalized spacial score (nSPS) is 17.5. The van der Waals surface area contributed by atoms with Gasteiger partial charge in [0.1, 0.15) is 5.60 Å². The summed E-state index contributed by atoms with van der Waals surface area (Å²) in [5, 5.41) is 0. The Morgan fingerprint density at radius 1 is 1.53 bits per heavy atom. The molecule has 5 heteroatoms. The van der Waals surface area contributed by atoms with E-state index in [1.165, 1.54) is 0 Å². The molecule has 0 saturated carbocycles. The number of nitrogens with zero attached hydrogens (tertiary/aromatic N) is 1. The molecule has 1 aliphatic rings. The second-order valence-corrected chi connectivity index (χ2v) is 4.99. The number of ether oxygens (including phenoxy) is 1. The first-order chi connectivity index (χ1) is 6.92. The molecule has 1 amide bonds. The highest BCUT2D eigenvalue weighted by atomic mass is 16.6. The van der Waals surface area contributed by atoms with Gasteiger partial charge in [-0.2, -0.15) is 0 Å². The molecule has 1 rings (SSSR count). The van der Waals surface area contributed by atoms with Crippen molar-refractivity contribution in [3.63, 3.8) is 0 Å². The van der Waals surface area contributed by atoms with Crippen molar-refractivity contribution in [2.75, 3.05) is 19.6 Å². The maximum atomic E-state index is 11.5. The lowest BCUT2D eigenvalue weighted by Gasteiger charge is -2.39. The van der Waals surface area contributed by atoms with E-state index in [1.807, 2.05) is 20.8 Å². The molecule has 1 saturated heterocycles. The van der Waals surface area contributed by atoms with Gasteiger partial charge in [-0.25, -0.2) is 4.79 Å². The quantitative estimate of drug-likeness (QED) is 0.537. The van der Waals surface area contributed by atoms with E-state index in [1.54, 1.807) is 4.90 Å². The van der Waals surface area contributed by atoms with E-state index < -0.39 is 5.60 Å². The van der Waals surface area contributed by atoms with Gasteiger partial charge in [-0.05, 0) is 33.1 Å². The highest BCUT2D eigenvalue weighted by molar-refractivity contribution is 5.69. The summed E-state index contributed by atoms with van der Waals surface area (Å²) in [7, 11) is 0. The average molecular weight is 215 g/mol. The highest BCUT2D eigenvalue weighted by Crippen LogP contribution is 2.21. The minimum atomic E-state index is -0.402. The lowest BCUT2D eigenvalue weighted by molar-refractivity contribution is -0.00200. The first-order valence-electron chi connectivity index (χ1n) is 5.34. The van der Waals surface area contributed by atoms with Gasteiger partial charge >= 0.3 is 6.09 Å². The van der Waals surface area contributed by atoms with Crippen LogP contribution in [0.1, 0.15) is 27.2 Å². The van der Waals surface area contributed by atoms with Crippen molar-refractivity contribution in [3.05, 3.63) is 0 Å². The topological polar surface area (TPSA) is 67.6 Å². The molecule has 0 bridgehead atoms. The van der Waals surface area contributed by atoms with E-state index in [-0.39, 0.29) is 6.09 Å². The summed E-state index contributed by atoms with van der Waals surface area (Å²) >= 11 is 0. The van der Waals surface area contributed by atoms with Crippen molar-refractivity contribution in [1.29, 1.82) is 0 Å². The Labute approximate surface area is 90.9 Å². The number of likely N-dealkylation sites (tertiary alicyclic amines) is 1. The summed E-state index contributed by atoms with van der Waals surface area (Å²) < 4.78 is 5.24. The fourth-order valence-corrected chi connectivity index (χ4v) is 1.52. The van der Waals surface area contributed by atoms with E-state index in [0.717, 1.165) is 26.1 Å². The van der Waals surface area contributed by atoms with Crippen LogP contribution in [0.25, 0.3) is 0 Å². The highest BCUT2D eigenvalue weighted by Gasteiger charge is 2.32. The Balaban J connectivity index is 2.18. The van der Waals surface area contributed by atoms with Gasteiger partial charge < -0.3 is 9.64 Å². The Morgan fingerprint density at radius 3 is 2.60 bits per heavy atom.